The van der Waals surface area contributed by atoms with Crippen molar-refractivity contribution in [3.05, 3.63) is 87.2 Å². The van der Waals surface area contributed by atoms with Gasteiger partial charge in [-0.15, -0.1) is 0 Å². The van der Waals surface area contributed by atoms with Crippen molar-refractivity contribution in [2.24, 2.45) is 0 Å². The van der Waals surface area contributed by atoms with E-state index >= 15 is 0 Å². The number of carbonyl (C=O) groups is 1. The third-order valence-electron chi connectivity index (χ3n) is 4.91. The molecule has 0 aliphatic rings. The van der Waals surface area contributed by atoms with E-state index in [1.165, 1.54) is 24.5 Å². The zero-order valence-corrected chi connectivity index (χ0v) is 20.1. The van der Waals surface area contributed by atoms with Crippen LogP contribution in [0.1, 0.15) is 12.8 Å². The molecular weight excluding hydrogens is 495 g/mol. The number of rotatable bonds is 9. The van der Waals surface area contributed by atoms with Crippen molar-refractivity contribution < 1.29 is 28.2 Å². The predicted octanol–water partition coefficient (Wildman–Crippen LogP) is 6.67. The van der Waals surface area contributed by atoms with Gasteiger partial charge in [0.05, 0.1) is 24.1 Å². The fraction of sp³-hybridized carbons (Fsp3) is 0.154. The number of hydrogen-bond donors (Lipinski definition) is 0. The van der Waals surface area contributed by atoms with Crippen LogP contribution >= 0.6 is 23.2 Å². The Hall–Kier alpha value is -3.68. The Morgan fingerprint density at radius 3 is 2.40 bits per heavy atom. The molecule has 7 nitrogen and oxygen atoms in total. The minimum Gasteiger partial charge on any atom is -0.497 e. The van der Waals surface area contributed by atoms with Crippen LogP contribution in [0.3, 0.4) is 0 Å². The monoisotopic (exact) mass is 514 g/mol. The topological polar surface area (TPSA) is 84.2 Å². The summed E-state index contributed by atoms with van der Waals surface area (Å²) < 4.78 is 27.2. The van der Waals surface area contributed by atoms with E-state index < -0.39 is 5.97 Å². The van der Waals surface area contributed by atoms with Crippen LogP contribution in [0, 0.1) is 0 Å². The first kappa shape index (κ1) is 24.4. The highest BCUT2D eigenvalue weighted by Gasteiger charge is 2.12. The first-order chi connectivity index (χ1) is 16.9. The van der Waals surface area contributed by atoms with Crippen molar-refractivity contribution in [1.29, 1.82) is 0 Å². The first-order valence-electron chi connectivity index (χ1n) is 10.6. The van der Waals surface area contributed by atoms with Crippen LogP contribution in [-0.4, -0.2) is 19.7 Å². The largest absolute Gasteiger partial charge is 0.497 e. The number of fused-ring (bicyclic) bond motifs is 1. The molecule has 0 amide bonds. The summed E-state index contributed by atoms with van der Waals surface area (Å²) in [5.74, 6) is 1.47. The molecule has 35 heavy (non-hydrogen) atoms. The summed E-state index contributed by atoms with van der Waals surface area (Å²) in [6, 6.07) is 16.3. The summed E-state index contributed by atoms with van der Waals surface area (Å²) in [5, 5.41) is 1.21. The number of benzene rings is 3. The van der Waals surface area contributed by atoms with Gasteiger partial charge in [-0.1, -0.05) is 23.2 Å². The Bertz CT molecular complexity index is 1400. The van der Waals surface area contributed by atoms with Crippen molar-refractivity contribution in [3.63, 3.8) is 0 Å². The molecule has 1 heterocycles. The summed E-state index contributed by atoms with van der Waals surface area (Å²) in [5.41, 5.74) is -0.0824. The van der Waals surface area contributed by atoms with Crippen LogP contribution in [0.15, 0.2) is 76.1 Å². The van der Waals surface area contributed by atoms with Gasteiger partial charge in [-0.3, -0.25) is 9.59 Å². The molecule has 0 saturated carbocycles. The second kappa shape index (κ2) is 11.2. The molecule has 4 aromatic rings. The second-order valence-corrected chi connectivity index (χ2v) is 8.21. The Morgan fingerprint density at radius 1 is 0.914 bits per heavy atom. The van der Waals surface area contributed by atoms with Gasteiger partial charge in [0.2, 0.25) is 11.2 Å². The van der Waals surface area contributed by atoms with Crippen molar-refractivity contribution in [3.8, 4) is 28.7 Å². The molecule has 0 atom stereocenters. The number of hydrogen-bond acceptors (Lipinski definition) is 7. The molecule has 0 N–H and O–H groups in total. The van der Waals surface area contributed by atoms with Crippen LogP contribution < -0.4 is 24.4 Å². The summed E-state index contributed by atoms with van der Waals surface area (Å²) >= 11 is 11.9. The summed E-state index contributed by atoms with van der Waals surface area (Å²) in [6.45, 7) is 0.278. The van der Waals surface area contributed by atoms with E-state index in [0.717, 1.165) is 0 Å². The highest BCUT2D eigenvalue weighted by atomic mass is 35.5. The van der Waals surface area contributed by atoms with Crippen molar-refractivity contribution in [2.45, 2.75) is 12.8 Å². The van der Waals surface area contributed by atoms with Gasteiger partial charge < -0.3 is 23.4 Å². The molecule has 4 rings (SSSR count). The molecule has 1 aromatic heterocycles. The lowest BCUT2D eigenvalue weighted by Gasteiger charge is -2.09. The van der Waals surface area contributed by atoms with Crippen LogP contribution in [0.5, 0.6) is 28.7 Å². The minimum absolute atomic E-state index is 0.0354. The highest BCUT2D eigenvalue weighted by Crippen LogP contribution is 2.28. The lowest BCUT2D eigenvalue weighted by molar-refractivity contribution is -0.134. The number of ether oxygens (including phenoxy) is 4. The lowest BCUT2D eigenvalue weighted by atomic mass is 10.2. The van der Waals surface area contributed by atoms with Gasteiger partial charge in [0.15, 0.2) is 0 Å². The average molecular weight is 515 g/mol. The molecule has 0 unspecified atom stereocenters. The van der Waals surface area contributed by atoms with E-state index in [-0.39, 0.29) is 35.5 Å². The van der Waals surface area contributed by atoms with Gasteiger partial charge in [-0.2, -0.15) is 0 Å². The molecule has 0 spiro atoms. The number of methoxy groups -OCH3 is 1. The van der Waals surface area contributed by atoms with Crippen molar-refractivity contribution >= 4 is 40.1 Å². The van der Waals surface area contributed by atoms with E-state index in [2.05, 4.69) is 0 Å². The molecule has 0 bridgehead atoms. The molecule has 0 radical (unpaired) electrons. The smallest absolute Gasteiger partial charge is 0.311 e. The Kier molecular flexibility index (Phi) is 7.80. The first-order valence-corrected chi connectivity index (χ1v) is 11.3. The second-order valence-electron chi connectivity index (χ2n) is 7.37. The highest BCUT2D eigenvalue weighted by molar-refractivity contribution is 6.35. The van der Waals surface area contributed by atoms with E-state index in [9.17, 15) is 9.59 Å². The van der Waals surface area contributed by atoms with E-state index in [1.54, 1.807) is 49.6 Å². The molecular formula is C26H20Cl2O7. The molecule has 0 fully saturated rings. The van der Waals surface area contributed by atoms with Gasteiger partial charge in [0.25, 0.3) is 0 Å². The maximum Gasteiger partial charge on any atom is 0.311 e. The molecule has 3 aromatic carbocycles. The Labute approximate surface area is 210 Å². The maximum absolute atomic E-state index is 12.8. The predicted molar refractivity (Wildman–Crippen MR) is 132 cm³/mol. The summed E-state index contributed by atoms with van der Waals surface area (Å²) in [4.78, 5) is 25.0. The molecule has 9 heteroatoms. The third kappa shape index (κ3) is 6.26. The normalized spacial score (nSPS) is 10.7. The van der Waals surface area contributed by atoms with E-state index in [1.807, 2.05) is 0 Å². The van der Waals surface area contributed by atoms with Gasteiger partial charge >= 0.3 is 5.97 Å². The van der Waals surface area contributed by atoms with Crippen molar-refractivity contribution in [1.82, 2.24) is 0 Å². The molecule has 0 saturated heterocycles. The number of carbonyl (C=O) groups excluding carboxylic acids is 1. The standard InChI is InChI=1S/C26H20Cl2O7/c1-31-17-5-7-18(8-6-17)34-24-15-33-23-14-19(9-10-20(23)26(24)30)35-25(29)3-2-12-32-22-11-4-16(27)13-21(22)28/h4-11,13-15H,2-3,12H2,1H3. The Balaban J connectivity index is 1.34. The SMILES string of the molecule is COc1ccc(Oc2coc3cc(OC(=O)CCCOc4ccc(Cl)cc4Cl)ccc3c2=O)cc1. The van der Waals surface area contributed by atoms with E-state index in [0.29, 0.717) is 39.1 Å². The van der Waals surface area contributed by atoms with Crippen LogP contribution in [0.2, 0.25) is 10.0 Å². The van der Waals surface area contributed by atoms with Gasteiger partial charge in [-0.25, -0.2) is 0 Å². The fourth-order valence-corrected chi connectivity index (χ4v) is 3.63. The molecule has 0 aliphatic carbocycles. The van der Waals surface area contributed by atoms with Crippen LogP contribution in [0.4, 0.5) is 0 Å². The third-order valence-corrected chi connectivity index (χ3v) is 5.44. The van der Waals surface area contributed by atoms with Crippen LogP contribution in [0.25, 0.3) is 11.0 Å². The van der Waals surface area contributed by atoms with Gasteiger partial charge in [0, 0.05) is 17.5 Å². The van der Waals surface area contributed by atoms with Crippen molar-refractivity contribution in [2.75, 3.05) is 13.7 Å². The van der Waals surface area contributed by atoms with E-state index in [4.69, 9.17) is 46.6 Å². The molecule has 180 valence electrons. The Morgan fingerprint density at radius 2 is 1.66 bits per heavy atom. The zero-order chi connectivity index (χ0) is 24.8. The quantitative estimate of drug-likeness (QED) is 0.140. The summed E-state index contributed by atoms with van der Waals surface area (Å²) in [7, 11) is 1.56. The number of halogens is 2. The zero-order valence-electron chi connectivity index (χ0n) is 18.6. The summed E-state index contributed by atoms with van der Waals surface area (Å²) in [6.07, 6.45) is 1.77. The van der Waals surface area contributed by atoms with Gasteiger partial charge in [0.1, 0.15) is 34.8 Å². The van der Waals surface area contributed by atoms with Crippen LogP contribution in [-0.2, 0) is 4.79 Å². The fourth-order valence-electron chi connectivity index (χ4n) is 3.17. The maximum atomic E-state index is 12.8. The average Bonchev–Trinajstić information content (AvgIpc) is 2.85. The van der Waals surface area contributed by atoms with Gasteiger partial charge in [-0.05, 0) is 61.0 Å². The number of esters is 1. The molecule has 0 aliphatic heterocycles. The minimum atomic E-state index is -0.447. The lowest BCUT2D eigenvalue weighted by Crippen LogP contribution is -2.10.